The second-order valence-electron chi connectivity index (χ2n) is 11.1. The van der Waals surface area contributed by atoms with Crippen LogP contribution in [0.5, 0.6) is 5.75 Å². The van der Waals surface area contributed by atoms with Gasteiger partial charge in [-0.3, -0.25) is 9.11 Å². The Morgan fingerprint density at radius 2 is 1.67 bits per heavy atom. The van der Waals surface area contributed by atoms with Crippen molar-refractivity contribution in [3.05, 3.63) is 102 Å². The topological polar surface area (TPSA) is 130 Å². The molecule has 0 radical (unpaired) electrons. The number of aromatic nitrogens is 2. The molecule has 0 saturated heterocycles. The lowest BCUT2D eigenvalue weighted by molar-refractivity contribution is -0.667. The summed E-state index contributed by atoms with van der Waals surface area (Å²) in [6.07, 6.45) is 8.96. The van der Waals surface area contributed by atoms with Crippen LogP contribution < -0.4 is 14.2 Å². The molecule has 0 unspecified atom stereocenters. The largest absolute Gasteiger partial charge is 0.439 e. The first kappa shape index (κ1) is 32.0. The van der Waals surface area contributed by atoms with E-state index in [9.17, 15) is 25.9 Å². The zero-order chi connectivity index (χ0) is 32.5. The Bertz CT molecular complexity index is 2190. The summed E-state index contributed by atoms with van der Waals surface area (Å²) in [5.74, 6) is 0.454. The molecule has 1 aliphatic rings. The smallest absolute Gasteiger partial charge is 0.265 e. The third-order valence-corrected chi connectivity index (χ3v) is 10.5. The SMILES string of the molecule is CCC(=Cc1sc2ccc3ccccc3c2[n+]1CCCS(=O)(=O)O)C=C1Oc2ccc(-n3cccc3)cc2N1CCCS(=O)(=O)O. The molecule has 10 nitrogen and oxygen atoms in total. The Hall–Kier alpha value is -4.01. The second-order valence-corrected chi connectivity index (χ2v) is 15.3. The maximum atomic E-state index is 11.5. The van der Waals surface area contributed by atoms with Crippen molar-refractivity contribution >= 4 is 64.3 Å². The predicted octanol–water partition coefficient (Wildman–Crippen LogP) is 6.22. The van der Waals surface area contributed by atoms with E-state index in [4.69, 9.17) is 4.74 Å². The van der Waals surface area contributed by atoms with Crippen molar-refractivity contribution in [2.45, 2.75) is 32.7 Å². The second kappa shape index (κ2) is 13.0. The number of hydrogen-bond acceptors (Lipinski definition) is 7. The van der Waals surface area contributed by atoms with Gasteiger partial charge in [0.1, 0.15) is 4.70 Å². The molecule has 6 rings (SSSR count). The van der Waals surface area contributed by atoms with Crippen molar-refractivity contribution in [3.8, 4) is 11.4 Å². The van der Waals surface area contributed by atoms with Crippen molar-refractivity contribution in [1.82, 2.24) is 4.57 Å². The van der Waals surface area contributed by atoms with Gasteiger partial charge in [-0.05, 0) is 66.3 Å². The molecule has 3 aromatic carbocycles. The van der Waals surface area contributed by atoms with E-state index in [1.807, 2.05) is 83.4 Å². The minimum atomic E-state index is -4.13. The van der Waals surface area contributed by atoms with Gasteiger partial charge in [0.25, 0.3) is 25.2 Å². The molecular formula is C33H34N3O7S3+. The predicted molar refractivity (Wildman–Crippen MR) is 182 cm³/mol. The standard InChI is InChI=1S/C33H33N3O7S3/c1-2-24(22-32-36(18-8-20-46(40,41)42)33-27-10-4-3-9-25(27)11-14-30(33)44-32)21-31-35(17-7-19-45(37,38)39)28-23-26(12-13-29(28)43-31)34-15-5-6-16-34/h3-6,9-16,21-23H,2,7-8,17-20H2,1H3,(H-,37,38,39,40,41,42)/p+1. The molecule has 240 valence electrons. The van der Waals surface area contributed by atoms with Crippen LogP contribution in [0.15, 0.2) is 96.7 Å². The van der Waals surface area contributed by atoms with Gasteiger partial charge in [-0.15, -0.1) is 0 Å². The summed E-state index contributed by atoms with van der Waals surface area (Å²) in [4.78, 5) is 1.93. The van der Waals surface area contributed by atoms with Crippen LogP contribution in [0.4, 0.5) is 5.69 Å². The van der Waals surface area contributed by atoms with E-state index in [0.717, 1.165) is 42.9 Å². The number of hydrogen-bond donors (Lipinski definition) is 2. The third kappa shape index (κ3) is 7.18. The molecule has 5 aromatic rings. The molecule has 0 spiro atoms. The molecule has 0 saturated carbocycles. The fourth-order valence-corrected chi connectivity index (χ4v) is 7.84. The van der Waals surface area contributed by atoms with Gasteiger partial charge in [0.2, 0.25) is 11.4 Å². The Morgan fingerprint density at radius 3 is 2.41 bits per heavy atom. The molecule has 0 aliphatic carbocycles. The minimum absolute atomic E-state index is 0.190. The molecule has 46 heavy (non-hydrogen) atoms. The lowest BCUT2D eigenvalue weighted by atomic mass is 10.1. The molecule has 0 amide bonds. The molecule has 0 bridgehead atoms. The van der Waals surface area contributed by atoms with Gasteiger partial charge in [0, 0.05) is 43.2 Å². The average molecular weight is 681 g/mol. The number of aryl methyl sites for hydroxylation is 1. The average Bonchev–Trinajstić information content (AvgIpc) is 3.74. The summed E-state index contributed by atoms with van der Waals surface area (Å²) >= 11 is 1.60. The van der Waals surface area contributed by atoms with Crippen molar-refractivity contribution in [2.24, 2.45) is 0 Å². The van der Waals surface area contributed by atoms with Gasteiger partial charge in [-0.1, -0.05) is 42.5 Å². The third-order valence-electron chi connectivity index (χ3n) is 7.82. The van der Waals surface area contributed by atoms with E-state index in [-0.39, 0.29) is 24.3 Å². The Balaban J connectivity index is 1.41. The highest BCUT2D eigenvalue weighted by atomic mass is 32.2. The van der Waals surface area contributed by atoms with Gasteiger partial charge in [-0.2, -0.15) is 21.4 Å². The lowest BCUT2D eigenvalue weighted by Crippen LogP contribution is -2.36. The van der Waals surface area contributed by atoms with Gasteiger partial charge in [-0.25, -0.2) is 0 Å². The molecule has 2 N–H and O–H groups in total. The number of rotatable bonds is 12. The molecule has 3 heterocycles. The summed E-state index contributed by atoms with van der Waals surface area (Å²) in [6.45, 7) is 2.72. The number of anilines is 1. The lowest BCUT2D eigenvalue weighted by Gasteiger charge is -2.19. The minimum Gasteiger partial charge on any atom is -0.439 e. The van der Waals surface area contributed by atoms with E-state index in [1.54, 1.807) is 11.3 Å². The zero-order valence-corrected chi connectivity index (χ0v) is 27.6. The highest BCUT2D eigenvalue weighted by molar-refractivity contribution is 7.86. The van der Waals surface area contributed by atoms with Crippen molar-refractivity contribution in [2.75, 3.05) is 23.0 Å². The van der Waals surface area contributed by atoms with Crippen LogP contribution in [0.25, 0.3) is 32.8 Å². The van der Waals surface area contributed by atoms with E-state index in [0.29, 0.717) is 31.1 Å². The van der Waals surface area contributed by atoms with Crippen molar-refractivity contribution < 1.29 is 35.2 Å². The fraction of sp³-hybridized carbons (Fsp3) is 0.242. The van der Waals surface area contributed by atoms with Crippen LogP contribution in [0.1, 0.15) is 31.2 Å². The van der Waals surface area contributed by atoms with E-state index in [1.165, 1.54) is 0 Å². The molecule has 0 atom stereocenters. The van der Waals surface area contributed by atoms with Crippen LogP contribution >= 0.6 is 11.3 Å². The highest BCUT2D eigenvalue weighted by Gasteiger charge is 2.28. The maximum absolute atomic E-state index is 11.5. The highest BCUT2D eigenvalue weighted by Crippen LogP contribution is 2.41. The van der Waals surface area contributed by atoms with Gasteiger partial charge < -0.3 is 14.2 Å². The van der Waals surface area contributed by atoms with Crippen molar-refractivity contribution in [1.29, 1.82) is 0 Å². The normalized spacial score (nSPS) is 14.8. The van der Waals surface area contributed by atoms with Gasteiger partial charge in [0.15, 0.2) is 12.3 Å². The number of thiazole rings is 1. The number of benzene rings is 3. The van der Waals surface area contributed by atoms with Gasteiger partial charge in [0.05, 0.1) is 22.6 Å². The van der Waals surface area contributed by atoms with E-state index < -0.39 is 20.2 Å². The number of ether oxygens (including phenoxy) is 1. The first-order valence-electron chi connectivity index (χ1n) is 14.9. The summed E-state index contributed by atoms with van der Waals surface area (Å²) in [5.41, 5.74) is 3.65. The Labute approximate surface area is 272 Å². The maximum Gasteiger partial charge on any atom is 0.265 e. The number of allylic oxidation sites excluding steroid dienone is 2. The van der Waals surface area contributed by atoms with Crippen LogP contribution in [0.2, 0.25) is 0 Å². The summed E-state index contributed by atoms with van der Waals surface area (Å²) in [6, 6.07) is 21.9. The molecule has 1 aliphatic heterocycles. The summed E-state index contributed by atoms with van der Waals surface area (Å²) in [7, 11) is -8.24. The summed E-state index contributed by atoms with van der Waals surface area (Å²) < 4.78 is 76.3. The molecular weight excluding hydrogens is 647 g/mol. The van der Waals surface area contributed by atoms with E-state index >= 15 is 0 Å². The molecule has 0 fully saturated rings. The van der Waals surface area contributed by atoms with Crippen LogP contribution in [-0.4, -0.2) is 48.6 Å². The molecule has 2 aromatic heterocycles. The number of nitrogens with zero attached hydrogens (tertiary/aromatic N) is 3. The zero-order valence-electron chi connectivity index (χ0n) is 25.1. The molecule has 13 heteroatoms. The van der Waals surface area contributed by atoms with Crippen LogP contribution in [0, 0.1) is 0 Å². The van der Waals surface area contributed by atoms with Crippen molar-refractivity contribution in [3.63, 3.8) is 0 Å². The first-order valence-corrected chi connectivity index (χ1v) is 18.9. The monoisotopic (exact) mass is 680 g/mol. The Kier molecular flexibility index (Phi) is 9.03. The summed E-state index contributed by atoms with van der Waals surface area (Å²) in [5, 5.41) is 3.04. The van der Waals surface area contributed by atoms with Crippen LogP contribution in [-0.2, 0) is 26.8 Å². The quantitative estimate of drug-likeness (QED) is 0.117. The number of fused-ring (bicyclic) bond motifs is 4. The van der Waals surface area contributed by atoms with Gasteiger partial charge >= 0.3 is 0 Å². The van der Waals surface area contributed by atoms with Crippen LogP contribution in [0.3, 0.4) is 0 Å². The Morgan fingerprint density at radius 1 is 0.935 bits per heavy atom. The van der Waals surface area contributed by atoms with E-state index in [2.05, 4.69) is 28.8 Å². The fourth-order valence-electron chi connectivity index (χ4n) is 5.67. The first-order chi connectivity index (χ1) is 22.0.